The molecule has 1 aromatic rings. The van der Waals surface area contributed by atoms with E-state index in [0.717, 1.165) is 76.7 Å². The van der Waals surface area contributed by atoms with Crippen LogP contribution in [0.4, 0.5) is 0 Å². The number of amides is 2. The fourth-order valence-electron chi connectivity index (χ4n) is 5.61. The molecule has 2 heterocycles. The average Bonchev–Trinajstić information content (AvgIpc) is 3.23. The second-order valence-electron chi connectivity index (χ2n) is 8.94. The maximum Gasteiger partial charge on any atom is 0.254 e. The van der Waals surface area contributed by atoms with E-state index in [-0.39, 0.29) is 23.3 Å². The molecule has 0 bridgehead atoms. The van der Waals surface area contributed by atoms with Crippen molar-refractivity contribution in [2.45, 2.75) is 69.7 Å². The zero-order chi connectivity index (χ0) is 20.3. The number of benzene rings is 1. The summed E-state index contributed by atoms with van der Waals surface area (Å²) in [7, 11) is 0. The first-order chi connectivity index (χ1) is 14.2. The van der Waals surface area contributed by atoms with E-state index >= 15 is 0 Å². The summed E-state index contributed by atoms with van der Waals surface area (Å²) in [4.78, 5) is 29.1. The zero-order valence-corrected chi connectivity index (χ0v) is 17.6. The number of unbranched alkanes of at least 4 members (excludes halogenated alkanes) is 1. The summed E-state index contributed by atoms with van der Waals surface area (Å²) in [5, 5.41) is 3.27. The van der Waals surface area contributed by atoms with Gasteiger partial charge in [-0.2, -0.15) is 0 Å². The molecule has 1 N–H and O–H groups in total. The number of nitrogens with zero attached hydrogens (tertiary/aromatic N) is 1. The largest absolute Gasteiger partial charge is 0.381 e. The van der Waals surface area contributed by atoms with Gasteiger partial charge in [-0.15, -0.1) is 0 Å². The molecule has 1 aliphatic carbocycles. The van der Waals surface area contributed by atoms with Crippen molar-refractivity contribution in [2.24, 2.45) is 5.92 Å². The topological polar surface area (TPSA) is 58.6 Å². The van der Waals surface area contributed by atoms with Gasteiger partial charge >= 0.3 is 0 Å². The van der Waals surface area contributed by atoms with Crippen molar-refractivity contribution >= 4 is 11.8 Å². The fraction of sp³-hybridized carbons (Fsp3) is 0.667. The molecule has 0 radical (unpaired) electrons. The highest BCUT2D eigenvalue weighted by Crippen LogP contribution is 2.50. The molecule has 0 aromatic heterocycles. The van der Waals surface area contributed by atoms with Crippen LogP contribution < -0.4 is 5.32 Å². The van der Waals surface area contributed by atoms with Gasteiger partial charge in [0.1, 0.15) is 0 Å². The van der Waals surface area contributed by atoms with Gasteiger partial charge in [0.15, 0.2) is 0 Å². The number of hydrogen-bond donors (Lipinski definition) is 1. The monoisotopic (exact) mass is 398 g/mol. The lowest BCUT2D eigenvalue weighted by Crippen LogP contribution is -2.61. The second kappa shape index (κ2) is 8.86. The van der Waals surface area contributed by atoms with Crippen molar-refractivity contribution in [2.75, 3.05) is 26.3 Å². The lowest BCUT2D eigenvalue weighted by atomic mass is 9.71. The third-order valence-corrected chi connectivity index (χ3v) is 7.19. The Bertz CT molecular complexity index is 735. The van der Waals surface area contributed by atoms with E-state index < -0.39 is 0 Å². The highest BCUT2D eigenvalue weighted by atomic mass is 16.5. The van der Waals surface area contributed by atoms with E-state index in [9.17, 15) is 9.59 Å². The standard InChI is InChI=1S/C24H34N2O3/c1-2-3-14-26-23(28)20-9-5-4-8-19(20)21(24(26)12-6-7-13-24)22(27)25-17-18-10-15-29-16-11-18/h4-5,8-9,18,21H,2-3,6-7,10-17H2,1H3,(H,25,27). The highest BCUT2D eigenvalue weighted by Gasteiger charge is 2.55. The van der Waals surface area contributed by atoms with Crippen LogP contribution in [0.15, 0.2) is 24.3 Å². The van der Waals surface area contributed by atoms with E-state index in [0.29, 0.717) is 18.0 Å². The maximum absolute atomic E-state index is 13.6. The molecule has 2 fully saturated rings. The third-order valence-electron chi connectivity index (χ3n) is 7.19. The van der Waals surface area contributed by atoms with E-state index in [1.807, 2.05) is 24.3 Å². The Balaban J connectivity index is 1.65. The molecular weight excluding hydrogens is 364 g/mol. The van der Waals surface area contributed by atoms with Crippen LogP contribution in [-0.2, 0) is 9.53 Å². The normalized spacial score (nSPS) is 24.0. The summed E-state index contributed by atoms with van der Waals surface area (Å²) in [6, 6.07) is 7.79. The van der Waals surface area contributed by atoms with Crippen LogP contribution in [0.2, 0.25) is 0 Å². The molecule has 29 heavy (non-hydrogen) atoms. The number of fused-ring (bicyclic) bond motifs is 1. The Morgan fingerprint density at radius 1 is 1.21 bits per heavy atom. The molecule has 158 valence electrons. The Morgan fingerprint density at radius 2 is 1.93 bits per heavy atom. The van der Waals surface area contributed by atoms with Crippen molar-refractivity contribution in [3.8, 4) is 0 Å². The van der Waals surface area contributed by atoms with Gasteiger partial charge in [-0.3, -0.25) is 9.59 Å². The summed E-state index contributed by atoms with van der Waals surface area (Å²) in [6.45, 7) is 5.18. The maximum atomic E-state index is 13.6. The number of ether oxygens (including phenoxy) is 1. The van der Waals surface area contributed by atoms with E-state index in [4.69, 9.17) is 4.74 Å². The molecule has 4 rings (SSSR count). The van der Waals surface area contributed by atoms with Crippen molar-refractivity contribution in [1.29, 1.82) is 0 Å². The number of rotatable bonds is 6. The molecule has 1 saturated heterocycles. The minimum absolute atomic E-state index is 0.0971. The summed E-state index contributed by atoms with van der Waals surface area (Å²) >= 11 is 0. The number of hydrogen-bond acceptors (Lipinski definition) is 3. The van der Waals surface area contributed by atoms with Crippen LogP contribution in [0.25, 0.3) is 0 Å². The number of nitrogens with one attached hydrogen (secondary N) is 1. The van der Waals surface area contributed by atoms with Crippen LogP contribution in [0.3, 0.4) is 0 Å². The summed E-state index contributed by atoms with van der Waals surface area (Å²) in [5.41, 5.74) is 1.28. The van der Waals surface area contributed by atoms with Gasteiger partial charge < -0.3 is 15.0 Å². The average molecular weight is 399 g/mol. The Hall–Kier alpha value is -1.88. The first-order valence-electron chi connectivity index (χ1n) is 11.4. The highest BCUT2D eigenvalue weighted by molar-refractivity contribution is 6.02. The molecule has 3 aliphatic rings. The SMILES string of the molecule is CCCCN1C(=O)c2ccccc2C(C(=O)NCC2CCOCC2)C12CCCC2. The van der Waals surface area contributed by atoms with E-state index in [1.54, 1.807) is 0 Å². The fourth-order valence-corrected chi connectivity index (χ4v) is 5.61. The minimum atomic E-state index is -0.361. The van der Waals surface area contributed by atoms with Crippen molar-refractivity contribution < 1.29 is 14.3 Å². The molecule has 2 aliphatic heterocycles. The Labute approximate surface area is 174 Å². The number of carbonyl (C=O) groups is 2. The molecule has 1 atom stereocenters. The van der Waals surface area contributed by atoms with Gasteiger partial charge in [-0.05, 0) is 49.7 Å². The van der Waals surface area contributed by atoms with Crippen LogP contribution in [-0.4, -0.2) is 48.6 Å². The molecule has 1 aromatic carbocycles. The van der Waals surface area contributed by atoms with Crippen molar-refractivity contribution in [3.05, 3.63) is 35.4 Å². The molecular formula is C24H34N2O3. The minimum Gasteiger partial charge on any atom is -0.381 e. The predicted molar refractivity (Wildman–Crippen MR) is 113 cm³/mol. The lowest BCUT2D eigenvalue weighted by molar-refractivity contribution is -0.126. The molecule has 2 amide bonds. The molecule has 1 saturated carbocycles. The van der Waals surface area contributed by atoms with Crippen LogP contribution in [0.5, 0.6) is 0 Å². The molecule has 1 unspecified atom stereocenters. The molecule has 1 spiro atoms. The van der Waals surface area contributed by atoms with Gasteiger partial charge in [0, 0.05) is 31.9 Å². The van der Waals surface area contributed by atoms with Crippen molar-refractivity contribution in [1.82, 2.24) is 10.2 Å². The number of carbonyl (C=O) groups excluding carboxylic acids is 2. The van der Waals surface area contributed by atoms with Gasteiger partial charge in [-0.25, -0.2) is 0 Å². The third kappa shape index (κ3) is 3.81. The summed E-state index contributed by atoms with van der Waals surface area (Å²) in [6.07, 6.45) is 8.05. The van der Waals surface area contributed by atoms with Crippen LogP contribution in [0, 0.1) is 5.92 Å². The van der Waals surface area contributed by atoms with Gasteiger partial charge in [-0.1, -0.05) is 44.4 Å². The quantitative estimate of drug-likeness (QED) is 0.791. The first kappa shape index (κ1) is 20.4. The smallest absolute Gasteiger partial charge is 0.254 e. The van der Waals surface area contributed by atoms with Crippen LogP contribution >= 0.6 is 0 Å². The van der Waals surface area contributed by atoms with Gasteiger partial charge in [0.2, 0.25) is 5.91 Å². The summed E-state index contributed by atoms with van der Waals surface area (Å²) in [5.74, 6) is 0.434. The molecule has 5 nitrogen and oxygen atoms in total. The molecule has 5 heteroatoms. The Kier molecular flexibility index (Phi) is 6.23. The second-order valence-corrected chi connectivity index (χ2v) is 8.94. The van der Waals surface area contributed by atoms with E-state index in [1.165, 1.54) is 0 Å². The first-order valence-corrected chi connectivity index (χ1v) is 11.4. The van der Waals surface area contributed by atoms with Gasteiger partial charge in [0.05, 0.1) is 11.5 Å². The van der Waals surface area contributed by atoms with Gasteiger partial charge in [0.25, 0.3) is 5.91 Å². The Morgan fingerprint density at radius 3 is 2.66 bits per heavy atom. The predicted octanol–water partition coefficient (Wildman–Crippen LogP) is 3.88. The van der Waals surface area contributed by atoms with Crippen molar-refractivity contribution in [3.63, 3.8) is 0 Å². The zero-order valence-electron chi connectivity index (χ0n) is 17.6. The van der Waals surface area contributed by atoms with Crippen LogP contribution in [0.1, 0.15) is 80.1 Å². The summed E-state index contributed by atoms with van der Waals surface area (Å²) < 4.78 is 5.45. The van der Waals surface area contributed by atoms with E-state index in [2.05, 4.69) is 17.1 Å². The lowest BCUT2D eigenvalue weighted by Gasteiger charge is -2.50.